The summed E-state index contributed by atoms with van der Waals surface area (Å²) in [6, 6.07) is 4.39. The van der Waals surface area contributed by atoms with Crippen molar-refractivity contribution >= 4 is 27.5 Å². The van der Waals surface area contributed by atoms with Crippen molar-refractivity contribution in [2.75, 3.05) is 32.8 Å². The average molecular weight is 417 g/mol. The van der Waals surface area contributed by atoms with Gasteiger partial charge in [-0.05, 0) is 43.9 Å². The van der Waals surface area contributed by atoms with Gasteiger partial charge in [-0.3, -0.25) is 4.79 Å². The Kier molecular flexibility index (Phi) is 9.02. The number of halogens is 1. The zero-order valence-corrected chi connectivity index (χ0v) is 17.4. The molecule has 0 atom stereocenters. The number of unbranched alkanes of at least 4 members (excludes halogenated alkanes) is 1. The summed E-state index contributed by atoms with van der Waals surface area (Å²) in [5.41, 5.74) is 0.293. The highest BCUT2D eigenvalue weighted by Gasteiger charge is 2.28. The molecule has 152 valence electrons. The second kappa shape index (κ2) is 11.0. The van der Waals surface area contributed by atoms with Crippen molar-refractivity contribution in [3.8, 4) is 0 Å². The molecule has 2 rings (SSSR count). The molecule has 1 fully saturated rings. The maximum absolute atomic E-state index is 12.9. The summed E-state index contributed by atoms with van der Waals surface area (Å²) in [5, 5.41) is 2.94. The van der Waals surface area contributed by atoms with Crippen LogP contribution in [0.2, 0.25) is 5.02 Å². The molecule has 1 aromatic carbocycles. The molecule has 0 aromatic heterocycles. The smallest absolute Gasteiger partial charge is 0.251 e. The molecule has 0 spiro atoms. The normalized spacial score (nSPS) is 15.6. The number of nitrogens with zero attached hydrogens (tertiary/aromatic N) is 1. The van der Waals surface area contributed by atoms with Crippen molar-refractivity contribution in [3.05, 3.63) is 28.8 Å². The van der Waals surface area contributed by atoms with E-state index in [4.69, 9.17) is 16.3 Å². The molecule has 1 saturated heterocycles. The van der Waals surface area contributed by atoms with Crippen LogP contribution in [-0.4, -0.2) is 51.5 Å². The molecule has 8 heteroatoms. The lowest BCUT2D eigenvalue weighted by Gasteiger charge is -2.26. The number of carbonyl (C=O) groups is 1. The first-order valence-corrected chi connectivity index (χ1v) is 11.4. The first-order valence-electron chi connectivity index (χ1n) is 9.62. The molecule has 1 aromatic rings. The van der Waals surface area contributed by atoms with E-state index in [0.29, 0.717) is 38.2 Å². The lowest BCUT2D eigenvalue weighted by molar-refractivity contribution is 0.0940. The summed E-state index contributed by atoms with van der Waals surface area (Å²) >= 11 is 6.14. The molecule has 1 amide bonds. The summed E-state index contributed by atoms with van der Waals surface area (Å²) in [6.07, 6.45) is 5.56. The van der Waals surface area contributed by atoms with Crippen LogP contribution in [0.3, 0.4) is 0 Å². The van der Waals surface area contributed by atoms with Crippen molar-refractivity contribution < 1.29 is 17.9 Å². The van der Waals surface area contributed by atoms with E-state index in [1.807, 2.05) is 0 Å². The van der Waals surface area contributed by atoms with Gasteiger partial charge in [0.15, 0.2) is 0 Å². The van der Waals surface area contributed by atoms with Crippen LogP contribution in [0.5, 0.6) is 0 Å². The van der Waals surface area contributed by atoms with E-state index >= 15 is 0 Å². The molecular weight excluding hydrogens is 388 g/mol. The van der Waals surface area contributed by atoms with E-state index in [1.165, 1.54) is 16.4 Å². The number of hydrogen-bond donors (Lipinski definition) is 1. The number of piperidine rings is 1. The van der Waals surface area contributed by atoms with Gasteiger partial charge in [-0.2, -0.15) is 4.31 Å². The quantitative estimate of drug-likeness (QED) is 0.592. The second-order valence-electron chi connectivity index (χ2n) is 6.69. The van der Waals surface area contributed by atoms with E-state index in [9.17, 15) is 13.2 Å². The van der Waals surface area contributed by atoms with Crippen molar-refractivity contribution in [1.29, 1.82) is 0 Å². The molecule has 0 saturated carbocycles. The van der Waals surface area contributed by atoms with Crippen molar-refractivity contribution in [2.45, 2.75) is 50.3 Å². The average Bonchev–Trinajstić information content (AvgIpc) is 2.68. The SMILES string of the molecule is CCCCOCCCNC(=O)c1ccc(Cl)c(S(=O)(=O)N2CCCCC2)c1. The highest BCUT2D eigenvalue weighted by atomic mass is 35.5. The fraction of sp³-hybridized carbons (Fsp3) is 0.632. The number of carbonyl (C=O) groups excluding carboxylic acids is 1. The number of sulfonamides is 1. The molecule has 6 nitrogen and oxygen atoms in total. The van der Waals surface area contributed by atoms with E-state index in [-0.39, 0.29) is 15.8 Å². The van der Waals surface area contributed by atoms with Crippen molar-refractivity contribution in [3.63, 3.8) is 0 Å². The number of ether oxygens (including phenoxy) is 1. The topological polar surface area (TPSA) is 75.7 Å². The van der Waals surface area contributed by atoms with Gasteiger partial charge in [0.1, 0.15) is 4.90 Å². The zero-order chi connectivity index (χ0) is 19.7. The molecule has 0 unspecified atom stereocenters. The Balaban J connectivity index is 1.96. The Morgan fingerprint density at radius 3 is 2.59 bits per heavy atom. The minimum absolute atomic E-state index is 0.00150. The van der Waals surface area contributed by atoms with Gasteiger partial charge in [0, 0.05) is 38.4 Å². The Hall–Kier alpha value is -1.15. The van der Waals surface area contributed by atoms with Crippen molar-refractivity contribution in [1.82, 2.24) is 9.62 Å². The lowest BCUT2D eigenvalue weighted by Crippen LogP contribution is -2.36. The third-order valence-electron chi connectivity index (χ3n) is 4.52. The molecule has 1 N–H and O–H groups in total. The monoisotopic (exact) mass is 416 g/mol. The van der Waals surface area contributed by atoms with Gasteiger partial charge < -0.3 is 10.1 Å². The van der Waals surface area contributed by atoms with Crippen molar-refractivity contribution in [2.24, 2.45) is 0 Å². The Labute approximate surface area is 167 Å². The number of hydrogen-bond acceptors (Lipinski definition) is 4. The fourth-order valence-corrected chi connectivity index (χ4v) is 4.93. The molecule has 0 aliphatic carbocycles. The van der Waals surface area contributed by atoms with Gasteiger partial charge in [0.2, 0.25) is 10.0 Å². The predicted octanol–water partition coefficient (Wildman–Crippen LogP) is 3.45. The summed E-state index contributed by atoms with van der Waals surface area (Å²) < 4.78 is 32.6. The standard InChI is InChI=1S/C19H29ClN2O4S/c1-2-3-13-26-14-7-10-21-19(23)16-8-9-17(20)18(15-16)27(24,25)22-11-5-4-6-12-22/h8-9,15H,2-7,10-14H2,1H3,(H,21,23). The summed E-state index contributed by atoms with van der Waals surface area (Å²) in [5.74, 6) is -0.310. The highest BCUT2D eigenvalue weighted by Crippen LogP contribution is 2.27. The van der Waals surface area contributed by atoms with Crippen LogP contribution in [0.1, 0.15) is 55.8 Å². The van der Waals surface area contributed by atoms with Crippen LogP contribution in [0.15, 0.2) is 23.1 Å². The van der Waals surface area contributed by atoms with E-state index < -0.39 is 10.0 Å². The molecule has 1 aliphatic rings. The van der Waals surface area contributed by atoms with E-state index in [0.717, 1.165) is 38.7 Å². The Bertz CT molecular complexity index is 718. The van der Waals surface area contributed by atoms with Crippen LogP contribution in [-0.2, 0) is 14.8 Å². The van der Waals surface area contributed by atoms with Crippen LogP contribution >= 0.6 is 11.6 Å². The van der Waals surface area contributed by atoms with Gasteiger partial charge in [0.05, 0.1) is 5.02 Å². The van der Waals surface area contributed by atoms with Crippen LogP contribution in [0.25, 0.3) is 0 Å². The van der Waals surface area contributed by atoms with Gasteiger partial charge in [-0.15, -0.1) is 0 Å². The Morgan fingerprint density at radius 1 is 1.19 bits per heavy atom. The first kappa shape index (κ1) is 22.1. The first-order chi connectivity index (χ1) is 13.0. The van der Waals surface area contributed by atoms with E-state index in [2.05, 4.69) is 12.2 Å². The molecule has 0 radical (unpaired) electrons. The summed E-state index contributed by atoms with van der Waals surface area (Å²) in [6.45, 7) is 4.90. The summed E-state index contributed by atoms with van der Waals surface area (Å²) in [4.78, 5) is 12.3. The third kappa shape index (κ3) is 6.45. The van der Waals surface area contributed by atoms with E-state index in [1.54, 1.807) is 6.07 Å². The van der Waals surface area contributed by atoms with Gasteiger partial charge in [0.25, 0.3) is 5.91 Å². The maximum Gasteiger partial charge on any atom is 0.251 e. The van der Waals surface area contributed by atoms with Crippen LogP contribution in [0, 0.1) is 0 Å². The molecule has 27 heavy (non-hydrogen) atoms. The van der Waals surface area contributed by atoms with Gasteiger partial charge >= 0.3 is 0 Å². The number of rotatable bonds is 10. The largest absolute Gasteiger partial charge is 0.381 e. The second-order valence-corrected chi connectivity index (χ2v) is 9.00. The highest BCUT2D eigenvalue weighted by molar-refractivity contribution is 7.89. The van der Waals surface area contributed by atoms with Gasteiger partial charge in [-0.25, -0.2) is 8.42 Å². The minimum atomic E-state index is -3.69. The predicted molar refractivity (Wildman–Crippen MR) is 107 cm³/mol. The molecule has 1 heterocycles. The number of nitrogens with one attached hydrogen (secondary N) is 1. The Morgan fingerprint density at radius 2 is 1.89 bits per heavy atom. The van der Waals surface area contributed by atoms with Gasteiger partial charge in [-0.1, -0.05) is 31.4 Å². The van der Waals surface area contributed by atoms with Crippen LogP contribution < -0.4 is 5.32 Å². The number of benzene rings is 1. The third-order valence-corrected chi connectivity index (χ3v) is 6.90. The molecule has 0 bridgehead atoms. The number of amides is 1. The van der Waals surface area contributed by atoms with Crippen LogP contribution in [0.4, 0.5) is 0 Å². The fourth-order valence-electron chi connectivity index (χ4n) is 2.91. The maximum atomic E-state index is 12.9. The minimum Gasteiger partial charge on any atom is -0.381 e. The molecular formula is C19H29ClN2O4S. The summed E-state index contributed by atoms with van der Waals surface area (Å²) in [7, 11) is -3.69. The zero-order valence-electron chi connectivity index (χ0n) is 15.9. The lowest BCUT2D eigenvalue weighted by atomic mass is 10.2. The molecule has 1 aliphatic heterocycles.